The molecule has 5 heteroatoms. The van der Waals surface area contributed by atoms with Crippen molar-refractivity contribution in [3.8, 4) is 0 Å². The first kappa shape index (κ1) is 10.5. The first-order valence-corrected chi connectivity index (χ1v) is 6.03. The largest absolute Gasteiger partial charge is 0.345 e. The van der Waals surface area contributed by atoms with Crippen LogP contribution in [-0.4, -0.2) is 37.1 Å². The summed E-state index contributed by atoms with van der Waals surface area (Å²) < 4.78 is 0. The molecule has 3 rings (SSSR count). The zero-order chi connectivity index (χ0) is 11.7. The summed E-state index contributed by atoms with van der Waals surface area (Å²) >= 11 is 0. The maximum Gasteiger partial charge on any atom is 0.244 e. The Morgan fingerprint density at radius 2 is 2.47 bits per heavy atom. The van der Waals surface area contributed by atoms with E-state index in [0.717, 1.165) is 31.1 Å². The maximum atomic E-state index is 11.6. The molecular weight excluding hydrogens is 216 g/mol. The van der Waals surface area contributed by atoms with Crippen molar-refractivity contribution >= 4 is 17.4 Å². The molecule has 0 radical (unpaired) electrons. The fourth-order valence-electron chi connectivity index (χ4n) is 2.52. The van der Waals surface area contributed by atoms with E-state index in [1.54, 1.807) is 6.20 Å². The number of hydrogen-bond donors (Lipinski definition) is 2. The summed E-state index contributed by atoms with van der Waals surface area (Å²) in [6, 6.07) is 3.75. The van der Waals surface area contributed by atoms with Crippen molar-refractivity contribution < 1.29 is 4.79 Å². The van der Waals surface area contributed by atoms with Crippen LogP contribution in [0, 0.1) is 5.92 Å². The molecule has 1 fully saturated rings. The molecule has 17 heavy (non-hydrogen) atoms. The molecule has 1 aromatic rings. The maximum absolute atomic E-state index is 11.6. The second-order valence-electron chi connectivity index (χ2n) is 4.66. The third kappa shape index (κ3) is 2.10. The number of pyridine rings is 1. The lowest BCUT2D eigenvalue weighted by Gasteiger charge is -2.31. The minimum atomic E-state index is 0.0523. The third-order valence-electron chi connectivity index (χ3n) is 3.34. The molecule has 1 unspecified atom stereocenters. The van der Waals surface area contributed by atoms with Gasteiger partial charge in [-0.05, 0) is 37.6 Å². The van der Waals surface area contributed by atoms with Crippen molar-refractivity contribution in [2.75, 3.05) is 36.4 Å². The standard InChI is InChI=1S/C12H16N4O/c17-11-8-16(7-9-3-5-13-6-9)12-10(15-11)2-1-4-14-12/h1-2,4,9,13H,3,5-8H2,(H,15,17). The minimum absolute atomic E-state index is 0.0523. The summed E-state index contributed by atoms with van der Waals surface area (Å²) in [6.45, 7) is 3.45. The zero-order valence-electron chi connectivity index (χ0n) is 9.65. The number of carbonyl (C=O) groups excluding carboxylic acids is 1. The Morgan fingerprint density at radius 3 is 3.29 bits per heavy atom. The number of fused-ring (bicyclic) bond motifs is 1. The predicted molar refractivity (Wildman–Crippen MR) is 66.1 cm³/mol. The van der Waals surface area contributed by atoms with E-state index < -0.39 is 0 Å². The Morgan fingerprint density at radius 1 is 1.53 bits per heavy atom. The summed E-state index contributed by atoms with van der Waals surface area (Å²) in [5.41, 5.74) is 0.828. The van der Waals surface area contributed by atoms with Gasteiger partial charge < -0.3 is 15.5 Å². The molecule has 5 nitrogen and oxygen atoms in total. The van der Waals surface area contributed by atoms with E-state index in [1.807, 2.05) is 12.1 Å². The van der Waals surface area contributed by atoms with Crippen LogP contribution >= 0.6 is 0 Å². The van der Waals surface area contributed by atoms with Crippen LogP contribution in [0.1, 0.15) is 6.42 Å². The van der Waals surface area contributed by atoms with Gasteiger partial charge >= 0.3 is 0 Å². The van der Waals surface area contributed by atoms with Crippen molar-refractivity contribution in [1.29, 1.82) is 0 Å². The monoisotopic (exact) mass is 232 g/mol. The Labute approximate surface area is 100 Å². The molecule has 1 saturated heterocycles. The molecule has 2 aliphatic rings. The van der Waals surface area contributed by atoms with E-state index in [-0.39, 0.29) is 5.91 Å². The number of hydrogen-bond acceptors (Lipinski definition) is 4. The number of nitrogens with one attached hydrogen (secondary N) is 2. The molecule has 90 valence electrons. The van der Waals surface area contributed by atoms with Gasteiger partial charge in [0.1, 0.15) is 0 Å². The summed E-state index contributed by atoms with van der Waals surface area (Å²) in [4.78, 5) is 18.1. The number of nitrogens with zero attached hydrogens (tertiary/aromatic N) is 2. The molecule has 0 aromatic carbocycles. The molecule has 3 heterocycles. The lowest BCUT2D eigenvalue weighted by molar-refractivity contribution is -0.115. The molecule has 2 N–H and O–H groups in total. The van der Waals surface area contributed by atoms with E-state index in [2.05, 4.69) is 20.5 Å². The highest BCUT2D eigenvalue weighted by atomic mass is 16.2. The van der Waals surface area contributed by atoms with Crippen molar-refractivity contribution in [3.63, 3.8) is 0 Å². The third-order valence-corrected chi connectivity index (χ3v) is 3.34. The predicted octanol–water partition coefficient (Wildman–Crippen LogP) is 0.450. The van der Waals surface area contributed by atoms with Crippen molar-refractivity contribution in [1.82, 2.24) is 10.3 Å². The molecule has 1 atom stereocenters. The molecule has 1 aromatic heterocycles. The van der Waals surface area contributed by atoms with Crippen LogP contribution in [0.2, 0.25) is 0 Å². The highest BCUT2D eigenvalue weighted by molar-refractivity contribution is 6.00. The van der Waals surface area contributed by atoms with Gasteiger partial charge in [0.15, 0.2) is 5.82 Å². The van der Waals surface area contributed by atoms with Gasteiger partial charge in [0, 0.05) is 12.7 Å². The first-order valence-electron chi connectivity index (χ1n) is 6.03. The second kappa shape index (κ2) is 4.33. The fourth-order valence-corrected chi connectivity index (χ4v) is 2.52. The molecule has 0 aliphatic carbocycles. The van der Waals surface area contributed by atoms with Crippen LogP contribution in [0.3, 0.4) is 0 Å². The van der Waals surface area contributed by atoms with E-state index in [9.17, 15) is 4.79 Å². The van der Waals surface area contributed by atoms with Crippen LogP contribution in [0.4, 0.5) is 11.5 Å². The van der Waals surface area contributed by atoms with Crippen LogP contribution < -0.4 is 15.5 Å². The van der Waals surface area contributed by atoms with Crippen LogP contribution in [0.5, 0.6) is 0 Å². The summed E-state index contributed by atoms with van der Waals surface area (Å²) in [6.07, 6.45) is 2.95. The fraction of sp³-hybridized carbons (Fsp3) is 0.500. The van der Waals surface area contributed by atoms with Gasteiger partial charge in [0.25, 0.3) is 0 Å². The number of amides is 1. The Bertz CT molecular complexity index is 428. The molecule has 1 amide bonds. The lowest BCUT2D eigenvalue weighted by atomic mass is 10.1. The lowest BCUT2D eigenvalue weighted by Crippen LogP contribution is -2.41. The van der Waals surface area contributed by atoms with Crippen molar-refractivity contribution in [2.45, 2.75) is 6.42 Å². The van der Waals surface area contributed by atoms with Crippen LogP contribution in [-0.2, 0) is 4.79 Å². The van der Waals surface area contributed by atoms with E-state index in [1.165, 1.54) is 6.42 Å². The molecule has 0 spiro atoms. The van der Waals surface area contributed by atoms with Crippen LogP contribution in [0.15, 0.2) is 18.3 Å². The normalized spacial score (nSPS) is 23.4. The van der Waals surface area contributed by atoms with Crippen molar-refractivity contribution in [3.05, 3.63) is 18.3 Å². The van der Waals surface area contributed by atoms with E-state index in [4.69, 9.17) is 0 Å². The van der Waals surface area contributed by atoms with Gasteiger partial charge in [-0.15, -0.1) is 0 Å². The molecule has 2 aliphatic heterocycles. The second-order valence-corrected chi connectivity index (χ2v) is 4.66. The number of rotatable bonds is 2. The van der Waals surface area contributed by atoms with Gasteiger partial charge in [-0.1, -0.05) is 0 Å². The van der Waals surface area contributed by atoms with Gasteiger partial charge in [-0.2, -0.15) is 0 Å². The van der Waals surface area contributed by atoms with E-state index >= 15 is 0 Å². The Hall–Kier alpha value is -1.62. The number of anilines is 2. The minimum Gasteiger partial charge on any atom is -0.345 e. The smallest absolute Gasteiger partial charge is 0.244 e. The highest BCUT2D eigenvalue weighted by Crippen LogP contribution is 2.27. The van der Waals surface area contributed by atoms with Crippen molar-refractivity contribution in [2.24, 2.45) is 5.92 Å². The summed E-state index contributed by atoms with van der Waals surface area (Å²) in [7, 11) is 0. The van der Waals surface area contributed by atoms with Gasteiger partial charge in [0.05, 0.1) is 12.2 Å². The number of aromatic nitrogens is 1. The number of carbonyl (C=O) groups is 1. The molecule has 0 bridgehead atoms. The Kier molecular flexibility index (Phi) is 2.68. The molecular formula is C12H16N4O. The zero-order valence-corrected chi connectivity index (χ0v) is 9.65. The average molecular weight is 232 g/mol. The highest BCUT2D eigenvalue weighted by Gasteiger charge is 2.26. The quantitative estimate of drug-likeness (QED) is 0.777. The van der Waals surface area contributed by atoms with Crippen LogP contribution in [0.25, 0.3) is 0 Å². The van der Waals surface area contributed by atoms with E-state index in [0.29, 0.717) is 12.5 Å². The Balaban J connectivity index is 1.81. The SMILES string of the molecule is O=C1CN(CC2CCNC2)c2ncccc2N1. The van der Waals surface area contributed by atoms with Gasteiger partial charge in [-0.25, -0.2) is 4.98 Å². The average Bonchev–Trinajstić information content (AvgIpc) is 2.81. The summed E-state index contributed by atoms with van der Waals surface area (Å²) in [5.74, 6) is 1.58. The summed E-state index contributed by atoms with van der Waals surface area (Å²) in [5, 5.41) is 6.21. The first-order chi connectivity index (χ1) is 8.33. The molecule has 0 saturated carbocycles. The topological polar surface area (TPSA) is 57.3 Å². The van der Waals surface area contributed by atoms with Gasteiger partial charge in [-0.3, -0.25) is 4.79 Å². The van der Waals surface area contributed by atoms with Gasteiger partial charge in [0.2, 0.25) is 5.91 Å².